The van der Waals surface area contributed by atoms with Crippen LogP contribution in [0.4, 0.5) is 4.39 Å². The van der Waals surface area contributed by atoms with Crippen LogP contribution in [0.3, 0.4) is 0 Å². The number of benzene rings is 3. The average molecular weight is 476 g/mol. The molecule has 1 N–H and O–H groups in total. The molecule has 172 valence electrons. The fourth-order valence-corrected chi connectivity index (χ4v) is 4.04. The normalized spacial score (nSPS) is 11.6. The van der Waals surface area contributed by atoms with E-state index in [-0.39, 0.29) is 11.7 Å². The summed E-state index contributed by atoms with van der Waals surface area (Å²) in [5.74, 6) is 4.90. The van der Waals surface area contributed by atoms with E-state index >= 15 is 0 Å². The number of aryl methyl sites for hydroxylation is 1. The Kier molecular flexibility index (Phi) is 6.90. The maximum atomic E-state index is 14.4. The van der Waals surface area contributed by atoms with Gasteiger partial charge in [-0.1, -0.05) is 48.2 Å². The molecule has 0 amide bonds. The zero-order valence-electron chi connectivity index (χ0n) is 19.0. The van der Waals surface area contributed by atoms with Gasteiger partial charge < -0.3 is 14.5 Å². The molecule has 1 aromatic heterocycles. The van der Waals surface area contributed by atoms with E-state index in [0.717, 1.165) is 33.3 Å². The Hall–Kier alpha value is -3.75. The third kappa shape index (κ3) is 5.08. The third-order valence-electron chi connectivity index (χ3n) is 5.70. The topological polar surface area (TPSA) is 51.3 Å². The molecule has 0 saturated heterocycles. The lowest BCUT2D eigenvalue weighted by molar-refractivity contribution is -0.128. The number of H-pyrrole nitrogens is 1. The van der Waals surface area contributed by atoms with Gasteiger partial charge in [0, 0.05) is 39.9 Å². The van der Waals surface area contributed by atoms with Crippen molar-refractivity contribution in [3.8, 4) is 23.3 Å². The van der Waals surface area contributed by atoms with Gasteiger partial charge in [-0.3, -0.25) is 0 Å². The molecule has 0 aliphatic heterocycles. The first-order valence-corrected chi connectivity index (χ1v) is 11.1. The van der Waals surface area contributed by atoms with Gasteiger partial charge in [-0.05, 0) is 60.5 Å². The predicted octanol–water partition coefficient (Wildman–Crippen LogP) is 6.58. The second kappa shape index (κ2) is 10.0. The highest BCUT2D eigenvalue weighted by molar-refractivity contribution is 6.31. The largest absolute Gasteiger partial charge is 0.494 e. The van der Waals surface area contributed by atoms with E-state index in [0.29, 0.717) is 17.2 Å². The number of carbonyl (C=O) groups is 1. The first-order valence-electron chi connectivity index (χ1n) is 10.8. The molecule has 0 aliphatic rings. The van der Waals surface area contributed by atoms with Crippen LogP contribution in [0, 0.1) is 24.6 Å². The van der Waals surface area contributed by atoms with E-state index < -0.39 is 11.8 Å². The molecule has 3 aromatic carbocycles. The minimum Gasteiger partial charge on any atom is -0.494 e. The van der Waals surface area contributed by atoms with Crippen molar-refractivity contribution < 1.29 is 18.7 Å². The van der Waals surface area contributed by atoms with Gasteiger partial charge in [-0.25, -0.2) is 9.18 Å². The number of nitrogens with one attached hydrogen (secondary N) is 1. The van der Waals surface area contributed by atoms with Gasteiger partial charge in [0.15, 0.2) is 11.6 Å². The Bertz CT molecular complexity index is 1410. The first-order chi connectivity index (χ1) is 16.4. The van der Waals surface area contributed by atoms with Crippen LogP contribution in [0.25, 0.3) is 10.9 Å². The highest BCUT2D eigenvalue weighted by Crippen LogP contribution is 2.34. The number of hydrogen-bond donors (Lipinski definition) is 1. The molecule has 6 heteroatoms. The van der Waals surface area contributed by atoms with Gasteiger partial charge >= 0.3 is 5.97 Å². The fraction of sp³-hybridized carbons (Fsp3) is 0.179. The Balaban J connectivity index is 1.64. The predicted molar refractivity (Wildman–Crippen MR) is 132 cm³/mol. The Morgan fingerprint density at radius 3 is 2.59 bits per heavy atom. The number of aromatic amines is 1. The van der Waals surface area contributed by atoms with Crippen molar-refractivity contribution in [3.05, 3.63) is 93.9 Å². The summed E-state index contributed by atoms with van der Waals surface area (Å²) < 4.78 is 24.7. The quantitative estimate of drug-likeness (QED) is 0.153. The van der Waals surface area contributed by atoms with E-state index in [2.05, 4.69) is 16.8 Å². The number of fused-ring (bicyclic) bond motifs is 1. The number of esters is 1. The molecule has 0 spiro atoms. The lowest BCUT2D eigenvalue weighted by atomic mass is 9.93. The highest BCUT2D eigenvalue weighted by Gasteiger charge is 2.19. The number of aromatic nitrogens is 1. The summed E-state index contributed by atoms with van der Waals surface area (Å²) >= 11 is 6.25. The molecule has 1 unspecified atom stereocenters. The Morgan fingerprint density at radius 2 is 1.88 bits per heavy atom. The number of rotatable bonds is 5. The Morgan fingerprint density at radius 1 is 1.12 bits per heavy atom. The molecule has 4 rings (SSSR count). The van der Waals surface area contributed by atoms with Crippen molar-refractivity contribution in [1.82, 2.24) is 4.98 Å². The molecule has 34 heavy (non-hydrogen) atoms. The van der Waals surface area contributed by atoms with Gasteiger partial charge in [0.2, 0.25) is 0 Å². The molecule has 4 aromatic rings. The first kappa shape index (κ1) is 23.4. The van der Waals surface area contributed by atoms with Crippen molar-refractivity contribution in [2.45, 2.75) is 26.2 Å². The maximum Gasteiger partial charge on any atom is 0.389 e. The molecular weight excluding hydrogens is 453 g/mol. The van der Waals surface area contributed by atoms with E-state index in [1.807, 2.05) is 44.2 Å². The summed E-state index contributed by atoms with van der Waals surface area (Å²) in [4.78, 5) is 15.6. The molecule has 0 fully saturated rings. The zero-order valence-corrected chi connectivity index (χ0v) is 19.8. The Labute approximate surface area is 202 Å². The van der Waals surface area contributed by atoms with Crippen LogP contribution in [-0.4, -0.2) is 18.1 Å². The zero-order chi connectivity index (χ0) is 24.2. The minimum atomic E-state index is -0.631. The smallest absolute Gasteiger partial charge is 0.389 e. The van der Waals surface area contributed by atoms with Gasteiger partial charge in [-0.15, -0.1) is 0 Å². The standard InChI is InChI=1S/C28H23ClFNO3/c1-17-7-11-21(12-8-17)34-27(32)6-4-5-22-23-16-20(29)10-13-25(23)31-28(22)18(2)19-9-14-26(33-3)24(30)15-19/h7-16,18,31H,5H2,1-3H3. The molecule has 4 nitrogen and oxygen atoms in total. The number of hydrogen-bond acceptors (Lipinski definition) is 3. The van der Waals surface area contributed by atoms with E-state index in [1.165, 1.54) is 13.2 Å². The van der Waals surface area contributed by atoms with Crippen LogP contribution in [0.5, 0.6) is 11.5 Å². The van der Waals surface area contributed by atoms with Crippen molar-refractivity contribution in [2.75, 3.05) is 7.11 Å². The number of ether oxygens (including phenoxy) is 2. The lowest BCUT2D eigenvalue weighted by Crippen LogP contribution is -2.05. The summed E-state index contributed by atoms with van der Waals surface area (Å²) in [5, 5.41) is 1.50. The maximum absolute atomic E-state index is 14.4. The summed E-state index contributed by atoms with van der Waals surface area (Å²) in [5.41, 5.74) is 4.52. The minimum absolute atomic E-state index is 0.164. The van der Waals surface area contributed by atoms with Gasteiger partial charge in [0.05, 0.1) is 7.11 Å². The molecule has 1 heterocycles. The van der Waals surface area contributed by atoms with Crippen LogP contribution < -0.4 is 9.47 Å². The molecule has 0 aliphatic carbocycles. The van der Waals surface area contributed by atoms with Crippen LogP contribution in [0.2, 0.25) is 5.02 Å². The summed E-state index contributed by atoms with van der Waals surface area (Å²) in [7, 11) is 1.43. The van der Waals surface area contributed by atoms with Gasteiger partial charge in [0.25, 0.3) is 0 Å². The van der Waals surface area contributed by atoms with Gasteiger partial charge in [-0.2, -0.15) is 0 Å². The molecule has 0 bridgehead atoms. The second-order valence-corrected chi connectivity index (χ2v) is 8.44. The van der Waals surface area contributed by atoms with Gasteiger partial charge in [0.1, 0.15) is 5.75 Å². The fourth-order valence-electron chi connectivity index (χ4n) is 3.86. The molecule has 1 atom stereocenters. The van der Waals surface area contributed by atoms with E-state index in [4.69, 9.17) is 21.1 Å². The lowest BCUT2D eigenvalue weighted by Gasteiger charge is -2.14. The highest BCUT2D eigenvalue weighted by atomic mass is 35.5. The van der Waals surface area contributed by atoms with Crippen LogP contribution in [0.15, 0.2) is 60.7 Å². The molecule has 0 saturated carbocycles. The van der Waals surface area contributed by atoms with Crippen molar-refractivity contribution in [2.24, 2.45) is 0 Å². The third-order valence-corrected chi connectivity index (χ3v) is 5.93. The van der Waals surface area contributed by atoms with Crippen molar-refractivity contribution in [3.63, 3.8) is 0 Å². The van der Waals surface area contributed by atoms with Crippen molar-refractivity contribution in [1.29, 1.82) is 0 Å². The monoisotopic (exact) mass is 475 g/mol. The van der Waals surface area contributed by atoms with E-state index in [9.17, 15) is 9.18 Å². The van der Waals surface area contributed by atoms with Crippen LogP contribution >= 0.6 is 11.6 Å². The van der Waals surface area contributed by atoms with Crippen LogP contribution in [0.1, 0.15) is 35.2 Å². The summed E-state index contributed by atoms with van der Waals surface area (Å²) in [6.45, 7) is 3.94. The SMILES string of the molecule is COc1ccc(C(C)c2[nH]c3ccc(Cl)cc3c2CC#CC(=O)Oc2ccc(C)cc2)cc1F. The molecular formula is C28H23ClFNO3. The summed E-state index contributed by atoms with van der Waals surface area (Å²) in [6, 6.07) is 17.6. The van der Waals surface area contributed by atoms with E-state index in [1.54, 1.807) is 24.3 Å². The number of carbonyl (C=O) groups excluding carboxylic acids is 1. The van der Waals surface area contributed by atoms with Crippen LogP contribution in [-0.2, 0) is 11.2 Å². The molecule has 0 radical (unpaired) electrons. The average Bonchev–Trinajstić information content (AvgIpc) is 3.17. The number of halogens is 2. The number of methoxy groups -OCH3 is 1. The van der Waals surface area contributed by atoms with Crippen molar-refractivity contribution >= 4 is 28.5 Å². The summed E-state index contributed by atoms with van der Waals surface area (Å²) in [6.07, 6.45) is 0.293. The second-order valence-electron chi connectivity index (χ2n) is 8.00.